The summed E-state index contributed by atoms with van der Waals surface area (Å²) in [5.41, 5.74) is 9.55. The summed E-state index contributed by atoms with van der Waals surface area (Å²) >= 11 is 5.82. The molecule has 2 heterocycles. The Morgan fingerprint density at radius 1 is 1.24 bits per heavy atom. The number of rotatable bonds is 5. The lowest BCUT2D eigenvalue weighted by molar-refractivity contribution is -0.140. The summed E-state index contributed by atoms with van der Waals surface area (Å²) in [7, 11) is 0. The minimum Gasteiger partial charge on any atom is -0.397 e. The van der Waals surface area contributed by atoms with Crippen LogP contribution in [0, 0.1) is 6.42 Å². The summed E-state index contributed by atoms with van der Waals surface area (Å²) in [6, 6.07) is 1.68. The summed E-state index contributed by atoms with van der Waals surface area (Å²) in [5, 5.41) is -0.221. The van der Waals surface area contributed by atoms with Crippen molar-refractivity contribution < 1.29 is 22.8 Å². The van der Waals surface area contributed by atoms with Crippen molar-refractivity contribution in [2.45, 2.75) is 43.9 Å². The summed E-state index contributed by atoms with van der Waals surface area (Å²) < 4.78 is 39.3. The van der Waals surface area contributed by atoms with Gasteiger partial charge in [0.05, 0.1) is 22.7 Å². The molecule has 2 aliphatic rings. The molecule has 0 saturated carbocycles. The van der Waals surface area contributed by atoms with Gasteiger partial charge in [-0.3, -0.25) is 9.59 Å². The predicted octanol–water partition coefficient (Wildman–Crippen LogP) is 2.24. The first-order chi connectivity index (χ1) is 13.6. The van der Waals surface area contributed by atoms with Crippen molar-refractivity contribution in [1.29, 1.82) is 0 Å². The van der Waals surface area contributed by atoms with Crippen LogP contribution < -0.4 is 11.5 Å². The number of primary amides is 1. The number of halogens is 4. The van der Waals surface area contributed by atoms with Crippen LogP contribution in [0.5, 0.6) is 0 Å². The molecule has 2 atom stereocenters. The van der Waals surface area contributed by atoms with Gasteiger partial charge in [0.15, 0.2) is 0 Å². The molecule has 3 rings (SSSR count). The Morgan fingerprint density at radius 2 is 1.93 bits per heavy atom. The smallest absolute Gasteiger partial charge is 0.397 e. The van der Waals surface area contributed by atoms with E-state index in [1.54, 1.807) is 0 Å². The Kier molecular flexibility index (Phi) is 6.28. The third kappa shape index (κ3) is 4.78. The molecule has 0 bridgehead atoms. The second-order valence-electron chi connectivity index (χ2n) is 7.46. The number of nitrogen functional groups attached to an aromatic ring is 1. The first-order valence-corrected chi connectivity index (χ1v) is 9.78. The molecule has 29 heavy (non-hydrogen) atoms. The zero-order chi connectivity index (χ0) is 21.3. The van der Waals surface area contributed by atoms with E-state index in [9.17, 15) is 22.8 Å². The maximum Gasteiger partial charge on any atom is 0.418 e. The SMILES string of the molecule is NC(=O)[C@H]1CC(N2CCC2)CCN1C(=O)[CH]Cc1cc(Cl)c(N)c(C(F)(F)F)c1. The van der Waals surface area contributed by atoms with Gasteiger partial charge in [-0.1, -0.05) is 11.6 Å². The summed E-state index contributed by atoms with van der Waals surface area (Å²) in [6.45, 7) is 2.34. The molecule has 1 radical (unpaired) electrons. The first kappa shape index (κ1) is 21.7. The Balaban J connectivity index is 1.67. The van der Waals surface area contributed by atoms with Gasteiger partial charge in [0.2, 0.25) is 11.8 Å². The topological polar surface area (TPSA) is 92.7 Å². The Bertz CT molecular complexity index is 798. The van der Waals surface area contributed by atoms with Crippen LogP contribution in [-0.4, -0.2) is 53.3 Å². The fourth-order valence-electron chi connectivity index (χ4n) is 3.87. The van der Waals surface area contributed by atoms with Crippen LogP contribution in [0.1, 0.15) is 30.4 Å². The van der Waals surface area contributed by atoms with E-state index in [4.69, 9.17) is 23.1 Å². The fourth-order valence-corrected chi connectivity index (χ4v) is 4.11. The van der Waals surface area contributed by atoms with Gasteiger partial charge in [-0.25, -0.2) is 0 Å². The maximum atomic E-state index is 13.1. The monoisotopic (exact) mass is 431 g/mol. The minimum absolute atomic E-state index is 0.0700. The van der Waals surface area contributed by atoms with Gasteiger partial charge in [-0.15, -0.1) is 0 Å². The second-order valence-corrected chi connectivity index (χ2v) is 7.87. The van der Waals surface area contributed by atoms with Crippen molar-refractivity contribution in [1.82, 2.24) is 9.80 Å². The summed E-state index contributed by atoms with van der Waals surface area (Å²) in [5.74, 6) is -1.01. The predicted molar refractivity (Wildman–Crippen MR) is 103 cm³/mol. The van der Waals surface area contributed by atoms with E-state index in [0.717, 1.165) is 32.0 Å². The van der Waals surface area contributed by atoms with Crippen LogP contribution in [0.15, 0.2) is 12.1 Å². The van der Waals surface area contributed by atoms with Crippen LogP contribution in [0.3, 0.4) is 0 Å². The van der Waals surface area contributed by atoms with Gasteiger partial charge in [0, 0.05) is 12.6 Å². The van der Waals surface area contributed by atoms with E-state index in [2.05, 4.69) is 4.90 Å². The van der Waals surface area contributed by atoms with Crippen molar-refractivity contribution in [3.63, 3.8) is 0 Å². The molecule has 2 aliphatic heterocycles. The van der Waals surface area contributed by atoms with Gasteiger partial charge < -0.3 is 21.3 Å². The number of benzene rings is 1. The van der Waals surface area contributed by atoms with Crippen LogP contribution in [-0.2, 0) is 22.2 Å². The van der Waals surface area contributed by atoms with Crippen LogP contribution >= 0.6 is 11.6 Å². The van der Waals surface area contributed by atoms with Crippen LogP contribution in [0.2, 0.25) is 5.02 Å². The Morgan fingerprint density at radius 3 is 2.48 bits per heavy atom. The Labute approximate surface area is 171 Å². The second kappa shape index (κ2) is 8.39. The molecule has 0 aliphatic carbocycles. The fraction of sp³-hybridized carbons (Fsp3) is 0.526. The molecule has 1 aromatic carbocycles. The van der Waals surface area contributed by atoms with Crippen molar-refractivity contribution in [3.8, 4) is 0 Å². The summed E-state index contributed by atoms with van der Waals surface area (Å²) in [6.07, 6.45) is -1.14. The zero-order valence-corrected chi connectivity index (χ0v) is 16.5. The number of nitrogens with zero attached hydrogens (tertiary/aromatic N) is 2. The molecular weight excluding hydrogens is 409 g/mol. The molecular formula is C19H23ClF3N4O2. The number of alkyl halides is 3. The molecule has 1 aromatic rings. The molecule has 159 valence electrons. The number of hydrogen-bond acceptors (Lipinski definition) is 4. The number of carbonyl (C=O) groups is 2. The third-order valence-corrected chi connectivity index (χ3v) is 5.91. The minimum atomic E-state index is -4.65. The molecule has 6 nitrogen and oxygen atoms in total. The quantitative estimate of drug-likeness (QED) is 0.699. The number of amides is 2. The highest BCUT2D eigenvalue weighted by molar-refractivity contribution is 6.33. The van der Waals surface area contributed by atoms with Crippen molar-refractivity contribution in [3.05, 3.63) is 34.7 Å². The van der Waals surface area contributed by atoms with E-state index >= 15 is 0 Å². The van der Waals surface area contributed by atoms with E-state index < -0.39 is 35.3 Å². The highest BCUT2D eigenvalue weighted by atomic mass is 35.5. The van der Waals surface area contributed by atoms with Crippen LogP contribution in [0.25, 0.3) is 0 Å². The number of likely N-dealkylation sites (tertiary alicyclic amines) is 2. The molecule has 4 N–H and O–H groups in total. The molecule has 0 aromatic heterocycles. The van der Waals surface area contributed by atoms with E-state index in [1.807, 2.05) is 0 Å². The Hall–Kier alpha value is -2.00. The third-order valence-electron chi connectivity index (χ3n) is 5.60. The van der Waals surface area contributed by atoms with E-state index in [0.29, 0.717) is 13.0 Å². The number of carbonyl (C=O) groups excluding carboxylic acids is 2. The lowest BCUT2D eigenvalue weighted by atomic mass is 9.92. The number of anilines is 1. The van der Waals surface area contributed by atoms with Gasteiger partial charge in [-0.2, -0.15) is 13.2 Å². The maximum absolute atomic E-state index is 13.1. The molecule has 2 amide bonds. The standard InChI is InChI=1S/C19H23ClF3N4O2/c20-14-9-11(8-13(17(14)24)19(21,22)23)2-3-16(28)27-7-4-12(26-5-1-6-26)10-15(27)18(25)29/h3,8-9,12,15H,1-2,4-7,10,24H2,(H2,25,29)/t12?,15-/m1/s1. The van der Waals surface area contributed by atoms with Crippen molar-refractivity contribution >= 4 is 29.1 Å². The number of hydrogen-bond donors (Lipinski definition) is 2. The number of nitrogens with two attached hydrogens (primary N) is 2. The lowest BCUT2D eigenvalue weighted by Gasteiger charge is -2.45. The highest BCUT2D eigenvalue weighted by Gasteiger charge is 2.38. The lowest BCUT2D eigenvalue weighted by Crippen LogP contribution is -2.58. The zero-order valence-electron chi connectivity index (χ0n) is 15.7. The normalized spacial score (nSPS) is 23.0. The molecule has 2 saturated heterocycles. The van der Waals surface area contributed by atoms with E-state index in [-0.39, 0.29) is 23.0 Å². The molecule has 10 heteroatoms. The molecule has 2 fully saturated rings. The van der Waals surface area contributed by atoms with Crippen molar-refractivity contribution in [2.24, 2.45) is 5.73 Å². The van der Waals surface area contributed by atoms with Gasteiger partial charge in [0.25, 0.3) is 0 Å². The van der Waals surface area contributed by atoms with Gasteiger partial charge >= 0.3 is 6.18 Å². The molecule has 0 spiro atoms. The molecule has 1 unspecified atom stereocenters. The number of piperidine rings is 1. The average Bonchev–Trinajstić information content (AvgIpc) is 2.59. The van der Waals surface area contributed by atoms with Gasteiger partial charge in [-0.05, 0) is 56.5 Å². The average molecular weight is 432 g/mol. The van der Waals surface area contributed by atoms with Crippen LogP contribution in [0.4, 0.5) is 18.9 Å². The van der Waals surface area contributed by atoms with E-state index in [1.165, 1.54) is 17.4 Å². The van der Waals surface area contributed by atoms with Crippen molar-refractivity contribution in [2.75, 3.05) is 25.4 Å². The summed E-state index contributed by atoms with van der Waals surface area (Å²) in [4.78, 5) is 28.2. The van der Waals surface area contributed by atoms with Gasteiger partial charge in [0.1, 0.15) is 6.04 Å². The first-order valence-electron chi connectivity index (χ1n) is 9.40. The largest absolute Gasteiger partial charge is 0.418 e. The highest BCUT2D eigenvalue weighted by Crippen LogP contribution is 2.38.